The van der Waals surface area contributed by atoms with Crippen LogP contribution in [0.3, 0.4) is 0 Å². The van der Waals surface area contributed by atoms with Crippen molar-refractivity contribution >= 4 is 5.91 Å². The Kier molecular flexibility index (Phi) is 4.18. The molecule has 0 aliphatic carbocycles. The van der Waals surface area contributed by atoms with Gasteiger partial charge in [0.2, 0.25) is 0 Å². The smallest absolute Gasteiger partial charge is 0.273 e. The molecule has 1 amide bonds. The van der Waals surface area contributed by atoms with E-state index in [1.807, 2.05) is 42.5 Å². The molecule has 2 aromatic carbocycles. The van der Waals surface area contributed by atoms with Crippen LogP contribution in [0, 0.1) is 0 Å². The maximum absolute atomic E-state index is 12.9. The molecular formula is C20H19N3O3. The van der Waals surface area contributed by atoms with Gasteiger partial charge >= 0.3 is 0 Å². The highest BCUT2D eigenvalue weighted by molar-refractivity contribution is 6.00. The summed E-state index contributed by atoms with van der Waals surface area (Å²) in [6.45, 7) is 0.913. The second-order valence-electron chi connectivity index (χ2n) is 6.21. The summed E-state index contributed by atoms with van der Waals surface area (Å²) in [4.78, 5) is 14.7. The van der Waals surface area contributed by atoms with E-state index in [4.69, 9.17) is 4.74 Å². The zero-order valence-electron chi connectivity index (χ0n) is 14.3. The van der Waals surface area contributed by atoms with Gasteiger partial charge in [-0.1, -0.05) is 42.5 Å². The normalized spacial score (nSPS) is 16.1. The average Bonchev–Trinajstić information content (AvgIpc) is 3.21. The highest BCUT2D eigenvalue weighted by atomic mass is 16.5. The molecule has 2 heterocycles. The van der Waals surface area contributed by atoms with Crippen molar-refractivity contribution in [1.29, 1.82) is 0 Å². The van der Waals surface area contributed by atoms with Crippen LogP contribution < -0.4 is 0 Å². The summed E-state index contributed by atoms with van der Waals surface area (Å²) in [6, 6.07) is 16.5. The highest BCUT2D eigenvalue weighted by Crippen LogP contribution is 2.42. The van der Waals surface area contributed by atoms with Gasteiger partial charge in [0.05, 0.1) is 18.3 Å². The molecule has 2 N–H and O–H groups in total. The number of rotatable bonds is 5. The summed E-state index contributed by atoms with van der Waals surface area (Å²) in [6.07, 6.45) is 0. The maximum atomic E-state index is 12.9. The van der Waals surface area contributed by atoms with Gasteiger partial charge in [-0.2, -0.15) is 5.10 Å². The number of phenols is 1. The average molecular weight is 349 g/mol. The molecule has 1 atom stereocenters. The number of amides is 1. The predicted molar refractivity (Wildman–Crippen MR) is 96.9 cm³/mol. The second-order valence-corrected chi connectivity index (χ2v) is 6.21. The van der Waals surface area contributed by atoms with Crippen LogP contribution >= 0.6 is 0 Å². The number of phenolic OH excluding ortho intramolecular Hbond substituents is 1. The van der Waals surface area contributed by atoms with Crippen LogP contribution in [-0.4, -0.2) is 46.4 Å². The fourth-order valence-electron chi connectivity index (χ4n) is 3.44. The van der Waals surface area contributed by atoms with Crippen LogP contribution in [0.4, 0.5) is 0 Å². The van der Waals surface area contributed by atoms with Crippen LogP contribution in [0.25, 0.3) is 11.3 Å². The quantitative estimate of drug-likeness (QED) is 0.742. The van der Waals surface area contributed by atoms with Gasteiger partial charge in [0.1, 0.15) is 11.4 Å². The lowest BCUT2D eigenvalue weighted by Gasteiger charge is -2.26. The number of carbonyl (C=O) groups excluding carboxylic acids is 1. The Morgan fingerprint density at radius 3 is 2.58 bits per heavy atom. The lowest BCUT2D eigenvalue weighted by atomic mass is 9.96. The largest absolute Gasteiger partial charge is 0.508 e. The van der Waals surface area contributed by atoms with Crippen LogP contribution in [0.5, 0.6) is 5.75 Å². The van der Waals surface area contributed by atoms with Gasteiger partial charge in [-0.25, -0.2) is 0 Å². The number of fused-ring (bicyclic) bond motifs is 1. The number of ether oxygens (including phenoxy) is 1. The molecule has 0 saturated heterocycles. The van der Waals surface area contributed by atoms with Gasteiger partial charge in [-0.05, 0) is 17.7 Å². The number of aromatic nitrogens is 2. The van der Waals surface area contributed by atoms with E-state index in [0.29, 0.717) is 18.8 Å². The Morgan fingerprint density at radius 1 is 1.15 bits per heavy atom. The SMILES string of the molecule is COCCN1C(=O)c2[nH]nc(-c3ccccc3)c2[C@H]1c1ccc(O)cc1. The van der Waals surface area contributed by atoms with Crippen molar-refractivity contribution in [1.82, 2.24) is 15.1 Å². The number of carbonyl (C=O) groups is 1. The lowest BCUT2D eigenvalue weighted by molar-refractivity contribution is 0.0677. The summed E-state index contributed by atoms with van der Waals surface area (Å²) >= 11 is 0. The Balaban J connectivity index is 1.85. The molecule has 26 heavy (non-hydrogen) atoms. The Bertz CT molecular complexity index is 919. The predicted octanol–water partition coefficient (Wildman–Crippen LogP) is 2.97. The fraction of sp³-hybridized carbons (Fsp3) is 0.200. The van der Waals surface area contributed by atoms with E-state index in [0.717, 1.165) is 22.4 Å². The minimum Gasteiger partial charge on any atom is -0.508 e. The molecule has 0 radical (unpaired) electrons. The van der Waals surface area contributed by atoms with Crippen LogP contribution in [0.1, 0.15) is 27.7 Å². The van der Waals surface area contributed by atoms with Gasteiger partial charge in [-0.15, -0.1) is 0 Å². The van der Waals surface area contributed by atoms with Crippen LogP contribution in [-0.2, 0) is 4.74 Å². The Labute approximate surface area is 151 Å². The number of hydrogen-bond acceptors (Lipinski definition) is 4. The van der Waals surface area contributed by atoms with E-state index >= 15 is 0 Å². The van der Waals surface area contributed by atoms with Gasteiger partial charge in [-0.3, -0.25) is 9.89 Å². The number of hydrogen-bond donors (Lipinski definition) is 2. The number of H-pyrrole nitrogens is 1. The Hall–Kier alpha value is -3.12. The fourth-order valence-corrected chi connectivity index (χ4v) is 3.44. The minimum absolute atomic E-state index is 0.0928. The summed E-state index contributed by atoms with van der Waals surface area (Å²) in [5, 5.41) is 17.0. The van der Waals surface area contributed by atoms with Crippen molar-refractivity contribution < 1.29 is 14.6 Å². The molecule has 6 heteroatoms. The molecule has 0 saturated carbocycles. The molecule has 132 valence electrons. The second kappa shape index (κ2) is 6.65. The maximum Gasteiger partial charge on any atom is 0.273 e. The molecule has 3 aromatic rings. The molecular weight excluding hydrogens is 330 g/mol. The van der Waals surface area contributed by atoms with Crippen molar-refractivity contribution in [2.24, 2.45) is 0 Å². The zero-order valence-corrected chi connectivity index (χ0v) is 14.3. The molecule has 0 fully saturated rings. The van der Waals surface area contributed by atoms with Crippen LogP contribution in [0.15, 0.2) is 54.6 Å². The molecule has 0 spiro atoms. The summed E-state index contributed by atoms with van der Waals surface area (Å²) in [7, 11) is 1.62. The van der Waals surface area contributed by atoms with E-state index in [1.165, 1.54) is 0 Å². The molecule has 0 bridgehead atoms. The highest BCUT2D eigenvalue weighted by Gasteiger charge is 2.41. The van der Waals surface area contributed by atoms with Gasteiger partial charge in [0, 0.05) is 24.8 Å². The summed E-state index contributed by atoms with van der Waals surface area (Å²) in [5.74, 6) is 0.0991. The first kappa shape index (κ1) is 16.4. The topological polar surface area (TPSA) is 78.5 Å². The lowest BCUT2D eigenvalue weighted by Crippen LogP contribution is -2.32. The first-order valence-corrected chi connectivity index (χ1v) is 8.43. The number of aromatic hydroxyl groups is 1. The Morgan fingerprint density at radius 2 is 1.88 bits per heavy atom. The third-order valence-corrected chi connectivity index (χ3v) is 4.66. The first-order valence-electron chi connectivity index (χ1n) is 8.43. The van der Waals surface area contributed by atoms with E-state index < -0.39 is 0 Å². The van der Waals surface area contributed by atoms with Crippen molar-refractivity contribution in [3.8, 4) is 17.0 Å². The third kappa shape index (κ3) is 2.64. The molecule has 1 aliphatic rings. The third-order valence-electron chi connectivity index (χ3n) is 4.66. The number of benzene rings is 2. The molecule has 1 aromatic heterocycles. The number of methoxy groups -OCH3 is 1. The van der Waals surface area contributed by atoms with Gasteiger partial charge < -0.3 is 14.7 Å². The molecule has 4 rings (SSSR count). The van der Waals surface area contributed by atoms with Crippen molar-refractivity contribution in [2.75, 3.05) is 20.3 Å². The van der Waals surface area contributed by atoms with Gasteiger partial charge in [0.15, 0.2) is 0 Å². The molecule has 1 aliphatic heterocycles. The van der Waals surface area contributed by atoms with Crippen molar-refractivity contribution in [3.05, 3.63) is 71.4 Å². The molecule has 6 nitrogen and oxygen atoms in total. The van der Waals surface area contributed by atoms with Crippen LogP contribution in [0.2, 0.25) is 0 Å². The molecule has 0 unspecified atom stereocenters. The number of nitrogens with zero attached hydrogens (tertiary/aromatic N) is 2. The zero-order chi connectivity index (χ0) is 18.1. The van der Waals surface area contributed by atoms with Crippen molar-refractivity contribution in [2.45, 2.75) is 6.04 Å². The van der Waals surface area contributed by atoms with E-state index in [9.17, 15) is 9.90 Å². The number of aromatic amines is 1. The van der Waals surface area contributed by atoms with E-state index in [-0.39, 0.29) is 17.7 Å². The monoisotopic (exact) mass is 349 g/mol. The van der Waals surface area contributed by atoms with E-state index in [2.05, 4.69) is 10.2 Å². The standard InChI is InChI=1S/C20H19N3O3/c1-26-12-11-23-19(14-7-9-15(24)10-8-14)16-17(13-5-3-2-4-6-13)21-22-18(16)20(23)25/h2-10,19,24H,11-12H2,1H3,(H,21,22)/t19-/m1/s1. The van der Waals surface area contributed by atoms with E-state index in [1.54, 1.807) is 24.1 Å². The summed E-state index contributed by atoms with van der Waals surface area (Å²) < 4.78 is 5.19. The van der Waals surface area contributed by atoms with Gasteiger partial charge in [0.25, 0.3) is 5.91 Å². The van der Waals surface area contributed by atoms with Crippen molar-refractivity contribution in [3.63, 3.8) is 0 Å². The minimum atomic E-state index is -0.276. The first-order chi connectivity index (χ1) is 12.7. The number of nitrogens with one attached hydrogen (secondary N) is 1. The summed E-state index contributed by atoms with van der Waals surface area (Å²) in [5.41, 5.74) is 4.02.